The van der Waals surface area contributed by atoms with Crippen molar-refractivity contribution in [2.45, 2.75) is 19.4 Å². The van der Waals surface area contributed by atoms with Crippen LogP contribution in [0.4, 0.5) is 5.69 Å². The molecule has 5 rings (SSSR count). The number of aromatic nitrogens is 3. The average Bonchev–Trinajstić information content (AvgIpc) is 3.17. The van der Waals surface area contributed by atoms with Gasteiger partial charge in [-0.25, -0.2) is 4.79 Å². The molecule has 0 saturated carbocycles. The van der Waals surface area contributed by atoms with Crippen molar-refractivity contribution < 1.29 is 0 Å². The van der Waals surface area contributed by atoms with Crippen LogP contribution in [0.3, 0.4) is 0 Å². The van der Waals surface area contributed by atoms with Gasteiger partial charge in [-0.05, 0) is 29.7 Å². The minimum absolute atomic E-state index is 0.175. The zero-order valence-electron chi connectivity index (χ0n) is 16.6. The molecule has 1 atom stereocenters. The third-order valence-electron chi connectivity index (χ3n) is 5.92. The molecule has 1 aliphatic rings. The monoisotopic (exact) mass is 386 g/mol. The molecule has 6 heteroatoms. The first-order valence-electron chi connectivity index (χ1n) is 9.77. The van der Waals surface area contributed by atoms with Crippen LogP contribution >= 0.6 is 0 Å². The van der Waals surface area contributed by atoms with E-state index in [-0.39, 0.29) is 17.3 Å². The minimum Gasteiger partial charge on any atom is -0.371 e. The van der Waals surface area contributed by atoms with E-state index in [0.717, 1.165) is 29.1 Å². The molecule has 1 N–H and O–H groups in total. The maximum atomic E-state index is 12.9. The number of anilines is 1. The Bertz CT molecular complexity index is 1370. The zero-order valence-corrected chi connectivity index (χ0v) is 16.6. The Hall–Kier alpha value is -3.54. The molecule has 146 valence electrons. The van der Waals surface area contributed by atoms with Crippen LogP contribution in [0.1, 0.15) is 29.8 Å². The van der Waals surface area contributed by atoms with Crippen LogP contribution in [0.5, 0.6) is 0 Å². The fraction of sp³-hybridized carbons (Fsp3) is 0.217. The van der Waals surface area contributed by atoms with Crippen LogP contribution in [0.25, 0.3) is 16.6 Å². The minimum atomic E-state index is -0.324. The normalized spacial score (nSPS) is 15.1. The van der Waals surface area contributed by atoms with E-state index >= 15 is 0 Å². The highest BCUT2D eigenvalue weighted by Crippen LogP contribution is 2.40. The largest absolute Gasteiger partial charge is 0.371 e. The molecule has 0 spiro atoms. The Morgan fingerprint density at radius 3 is 2.41 bits per heavy atom. The topological polar surface area (TPSA) is 61.0 Å². The highest BCUT2D eigenvalue weighted by molar-refractivity contribution is 5.86. The molecule has 2 aromatic carbocycles. The van der Waals surface area contributed by atoms with Crippen LogP contribution in [0, 0.1) is 0 Å². The number of nitrogens with zero attached hydrogens (tertiary/aromatic N) is 3. The Balaban J connectivity index is 1.88. The second-order valence-electron chi connectivity index (χ2n) is 7.54. The number of hydrogen-bond donors (Lipinski definition) is 1. The fourth-order valence-corrected chi connectivity index (χ4v) is 4.30. The van der Waals surface area contributed by atoms with Crippen LogP contribution < -0.4 is 16.6 Å². The first-order valence-corrected chi connectivity index (χ1v) is 9.77. The number of fused-ring (bicyclic) bond motifs is 5. The molecule has 2 aromatic heterocycles. The molecule has 0 saturated heterocycles. The molecule has 4 aromatic rings. The molecule has 6 nitrogen and oxygen atoms in total. The van der Waals surface area contributed by atoms with Crippen molar-refractivity contribution in [3.63, 3.8) is 0 Å². The van der Waals surface area contributed by atoms with Gasteiger partial charge < -0.3 is 9.88 Å². The lowest BCUT2D eigenvalue weighted by Gasteiger charge is -2.30. The van der Waals surface area contributed by atoms with Crippen molar-refractivity contribution in [2.24, 2.45) is 14.1 Å². The number of hydrogen-bond acceptors (Lipinski definition) is 3. The Kier molecular flexibility index (Phi) is 3.77. The van der Waals surface area contributed by atoms with Crippen molar-refractivity contribution in [3.8, 4) is 5.69 Å². The zero-order chi connectivity index (χ0) is 20.3. The molecule has 0 amide bonds. The van der Waals surface area contributed by atoms with Crippen molar-refractivity contribution in [1.29, 1.82) is 0 Å². The first kappa shape index (κ1) is 17.6. The van der Waals surface area contributed by atoms with Crippen molar-refractivity contribution in [3.05, 3.63) is 92.4 Å². The number of para-hydroxylation sites is 2. The lowest BCUT2D eigenvalue weighted by Crippen LogP contribution is -2.37. The summed E-state index contributed by atoms with van der Waals surface area (Å²) < 4.78 is 4.79. The third-order valence-corrected chi connectivity index (χ3v) is 5.92. The first-order chi connectivity index (χ1) is 14.0. The fourth-order valence-electron chi connectivity index (χ4n) is 4.30. The van der Waals surface area contributed by atoms with Crippen LogP contribution in [-0.2, 0) is 20.5 Å². The standard InChI is InChI=1S/C23H22N4O2/c1-4-14-9-11-15(12-10-14)19-21-20-16(22(28)26(3)23(29)25(20)2)13-27(21)18-8-6-5-7-17(18)24-19/h5-13,19,24H,4H2,1-3H3. The van der Waals surface area contributed by atoms with E-state index in [2.05, 4.69) is 41.1 Å². The summed E-state index contributed by atoms with van der Waals surface area (Å²) in [5.74, 6) is 0. The molecule has 3 heterocycles. The summed E-state index contributed by atoms with van der Waals surface area (Å²) in [7, 11) is 3.25. The quantitative estimate of drug-likeness (QED) is 0.576. The van der Waals surface area contributed by atoms with E-state index in [1.54, 1.807) is 11.6 Å². The third kappa shape index (κ3) is 2.42. The second-order valence-corrected chi connectivity index (χ2v) is 7.54. The Morgan fingerprint density at radius 2 is 1.69 bits per heavy atom. The highest BCUT2D eigenvalue weighted by atomic mass is 16.2. The van der Waals surface area contributed by atoms with Gasteiger partial charge in [0.15, 0.2) is 0 Å². The molecule has 0 fully saturated rings. The Labute approximate surface area is 167 Å². The summed E-state index contributed by atoms with van der Waals surface area (Å²) in [5, 5.41) is 4.16. The van der Waals surface area contributed by atoms with Crippen molar-refractivity contribution in [2.75, 3.05) is 5.32 Å². The lowest BCUT2D eigenvalue weighted by atomic mass is 9.98. The van der Waals surface area contributed by atoms with Crippen molar-refractivity contribution in [1.82, 2.24) is 13.7 Å². The van der Waals surface area contributed by atoms with Crippen LogP contribution in [0.15, 0.2) is 64.3 Å². The number of nitrogens with one attached hydrogen (secondary N) is 1. The summed E-state index contributed by atoms with van der Waals surface area (Å²) in [5.41, 5.74) is 5.29. The molecule has 1 aliphatic heterocycles. The van der Waals surface area contributed by atoms with E-state index in [9.17, 15) is 9.59 Å². The summed E-state index contributed by atoms with van der Waals surface area (Å²) in [6.07, 6.45) is 2.84. The molecule has 1 unspecified atom stereocenters. The number of benzene rings is 2. The predicted octanol–water partition coefficient (Wildman–Crippen LogP) is 3.11. The molecular weight excluding hydrogens is 364 g/mol. The van der Waals surface area contributed by atoms with Crippen molar-refractivity contribution >= 4 is 16.6 Å². The van der Waals surface area contributed by atoms with Crippen LogP contribution in [0.2, 0.25) is 0 Å². The highest BCUT2D eigenvalue weighted by Gasteiger charge is 2.30. The summed E-state index contributed by atoms with van der Waals surface area (Å²) >= 11 is 0. The van der Waals surface area contributed by atoms with Gasteiger partial charge in [-0.3, -0.25) is 13.9 Å². The van der Waals surface area contributed by atoms with Gasteiger partial charge in [0.05, 0.1) is 34.0 Å². The number of rotatable bonds is 2. The van der Waals surface area contributed by atoms with Gasteiger partial charge in [-0.2, -0.15) is 0 Å². The SMILES string of the molecule is CCc1ccc(C2Nc3ccccc3-n3cc4c(=O)n(C)c(=O)n(C)c4c32)cc1. The van der Waals surface area contributed by atoms with E-state index in [0.29, 0.717) is 10.9 Å². The van der Waals surface area contributed by atoms with Gasteiger partial charge in [0.1, 0.15) is 0 Å². The maximum absolute atomic E-state index is 12.9. The number of aryl methyl sites for hydroxylation is 2. The van der Waals surface area contributed by atoms with Gasteiger partial charge in [-0.15, -0.1) is 0 Å². The summed E-state index contributed by atoms with van der Waals surface area (Å²) in [6, 6.07) is 16.3. The average molecular weight is 386 g/mol. The molecule has 0 radical (unpaired) electrons. The molecule has 0 aliphatic carbocycles. The van der Waals surface area contributed by atoms with Gasteiger partial charge in [-0.1, -0.05) is 43.3 Å². The summed E-state index contributed by atoms with van der Waals surface area (Å²) in [4.78, 5) is 25.5. The van der Waals surface area contributed by atoms with Crippen LogP contribution in [-0.4, -0.2) is 13.7 Å². The van der Waals surface area contributed by atoms with Gasteiger partial charge in [0.2, 0.25) is 0 Å². The van der Waals surface area contributed by atoms with E-state index in [1.807, 2.05) is 30.5 Å². The molecular formula is C23H22N4O2. The Morgan fingerprint density at radius 1 is 0.966 bits per heavy atom. The smallest absolute Gasteiger partial charge is 0.331 e. The summed E-state index contributed by atoms with van der Waals surface area (Å²) in [6.45, 7) is 2.13. The van der Waals surface area contributed by atoms with E-state index < -0.39 is 0 Å². The van der Waals surface area contributed by atoms with Gasteiger partial charge in [0, 0.05) is 20.3 Å². The predicted molar refractivity (Wildman–Crippen MR) is 115 cm³/mol. The van der Waals surface area contributed by atoms with Gasteiger partial charge in [0.25, 0.3) is 5.56 Å². The van der Waals surface area contributed by atoms with E-state index in [4.69, 9.17) is 0 Å². The molecule has 29 heavy (non-hydrogen) atoms. The molecule has 0 bridgehead atoms. The second kappa shape index (κ2) is 6.24. The van der Waals surface area contributed by atoms with E-state index in [1.165, 1.54) is 17.2 Å². The lowest BCUT2D eigenvalue weighted by molar-refractivity contribution is 0.708. The maximum Gasteiger partial charge on any atom is 0.331 e. The van der Waals surface area contributed by atoms with Gasteiger partial charge >= 0.3 is 5.69 Å².